The Morgan fingerprint density at radius 1 is 1.21 bits per heavy atom. The summed E-state index contributed by atoms with van der Waals surface area (Å²) in [5.74, 6) is 0.178. The number of hydrogen-bond donors (Lipinski definition) is 1. The molecule has 0 unspecified atom stereocenters. The fourth-order valence-corrected chi connectivity index (χ4v) is 4.24. The highest BCUT2D eigenvalue weighted by molar-refractivity contribution is 7.89. The van der Waals surface area contributed by atoms with Crippen LogP contribution in [0.1, 0.15) is 18.4 Å². The van der Waals surface area contributed by atoms with Gasteiger partial charge in [-0.3, -0.25) is 0 Å². The van der Waals surface area contributed by atoms with Crippen LogP contribution in [0, 0.1) is 12.7 Å². The Bertz CT molecular complexity index is 804. The Labute approximate surface area is 141 Å². The van der Waals surface area contributed by atoms with E-state index in [9.17, 15) is 12.8 Å². The van der Waals surface area contributed by atoms with Gasteiger partial charge >= 0.3 is 0 Å². The fourth-order valence-electron chi connectivity index (χ4n) is 2.87. The largest absolute Gasteiger partial charge is 0.357 e. The number of nitrogens with one attached hydrogen (secondary N) is 1. The number of hydrogen-bond acceptors (Lipinski definition) is 4. The third-order valence-corrected chi connectivity index (χ3v) is 5.72. The van der Waals surface area contributed by atoms with Crippen LogP contribution in [0.2, 0.25) is 0 Å². The zero-order chi connectivity index (χ0) is 17.2. The number of aryl methyl sites for hydroxylation is 1. The van der Waals surface area contributed by atoms with Gasteiger partial charge in [0.15, 0.2) is 0 Å². The van der Waals surface area contributed by atoms with Gasteiger partial charge in [-0.05, 0) is 49.6 Å². The van der Waals surface area contributed by atoms with E-state index in [2.05, 4.69) is 14.6 Å². The summed E-state index contributed by atoms with van der Waals surface area (Å²) in [5, 5.41) is 0. The molecule has 1 N–H and O–H groups in total. The second kappa shape index (κ2) is 6.86. The van der Waals surface area contributed by atoms with E-state index in [0.717, 1.165) is 5.82 Å². The quantitative estimate of drug-likeness (QED) is 0.921. The first-order chi connectivity index (χ1) is 11.5. The first-order valence-electron chi connectivity index (χ1n) is 7.90. The molecule has 1 aromatic heterocycles. The van der Waals surface area contributed by atoms with E-state index in [0.29, 0.717) is 31.5 Å². The first kappa shape index (κ1) is 16.9. The molecule has 0 amide bonds. The van der Waals surface area contributed by atoms with Gasteiger partial charge in [0.1, 0.15) is 16.5 Å². The van der Waals surface area contributed by atoms with Crippen molar-refractivity contribution in [1.29, 1.82) is 0 Å². The van der Waals surface area contributed by atoms with Crippen LogP contribution in [0.25, 0.3) is 0 Å². The molecule has 0 radical (unpaired) electrons. The van der Waals surface area contributed by atoms with Crippen molar-refractivity contribution in [3.05, 3.63) is 54.0 Å². The highest BCUT2D eigenvalue weighted by Gasteiger charge is 2.26. The molecule has 0 atom stereocenters. The number of aromatic nitrogens is 1. The van der Waals surface area contributed by atoms with E-state index >= 15 is 0 Å². The van der Waals surface area contributed by atoms with Crippen molar-refractivity contribution < 1.29 is 12.8 Å². The van der Waals surface area contributed by atoms with Crippen LogP contribution >= 0.6 is 0 Å². The van der Waals surface area contributed by atoms with Crippen molar-refractivity contribution in [3.8, 4) is 0 Å². The molecule has 2 aromatic rings. The first-order valence-corrected chi connectivity index (χ1v) is 9.38. The lowest BCUT2D eigenvalue weighted by atomic mass is 10.1. The van der Waals surface area contributed by atoms with Crippen LogP contribution in [0.15, 0.2) is 47.5 Å². The summed E-state index contributed by atoms with van der Waals surface area (Å²) in [5.41, 5.74) is 0.690. The van der Waals surface area contributed by atoms with Gasteiger partial charge in [-0.15, -0.1) is 0 Å². The summed E-state index contributed by atoms with van der Waals surface area (Å²) in [4.78, 5) is 6.14. The molecule has 1 aliphatic heterocycles. The minimum absolute atomic E-state index is 0.198. The summed E-state index contributed by atoms with van der Waals surface area (Å²) >= 11 is 0. The normalized spacial score (nSPS) is 16.3. The summed E-state index contributed by atoms with van der Waals surface area (Å²) in [6, 6.07) is 9.68. The van der Waals surface area contributed by atoms with Crippen molar-refractivity contribution in [3.63, 3.8) is 0 Å². The SMILES string of the molecule is Cc1ccc(S(=O)(=O)NC2CCN(c3ccccn3)CC2)c(F)c1. The second-order valence-electron chi connectivity index (χ2n) is 6.00. The van der Waals surface area contributed by atoms with Crippen LogP contribution < -0.4 is 9.62 Å². The average molecular weight is 349 g/mol. The minimum atomic E-state index is -3.85. The molecular weight excluding hydrogens is 329 g/mol. The molecule has 5 nitrogen and oxygen atoms in total. The van der Waals surface area contributed by atoms with Gasteiger partial charge in [0.05, 0.1) is 0 Å². The van der Waals surface area contributed by atoms with Crippen molar-refractivity contribution in [2.75, 3.05) is 18.0 Å². The third kappa shape index (κ3) is 3.73. The zero-order valence-corrected chi connectivity index (χ0v) is 14.3. The number of piperidine rings is 1. The Kier molecular flexibility index (Phi) is 4.82. The second-order valence-corrected chi connectivity index (χ2v) is 7.69. The smallest absolute Gasteiger partial charge is 0.243 e. The molecule has 1 fully saturated rings. The molecule has 2 heterocycles. The predicted octanol–water partition coefficient (Wildman–Crippen LogP) is 2.48. The molecule has 7 heteroatoms. The predicted molar refractivity (Wildman–Crippen MR) is 90.9 cm³/mol. The van der Waals surface area contributed by atoms with Gasteiger partial charge in [0.25, 0.3) is 0 Å². The van der Waals surface area contributed by atoms with E-state index in [4.69, 9.17) is 0 Å². The number of anilines is 1. The van der Waals surface area contributed by atoms with Crippen LogP contribution in [-0.2, 0) is 10.0 Å². The fraction of sp³-hybridized carbons (Fsp3) is 0.353. The molecule has 3 rings (SSSR count). The Balaban J connectivity index is 1.65. The number of nitrogens with zero attached hydrogens (tertiary/aromatic N) is 2. The highest BCUT2D eigenvalue weighted by Crippen LogP contribution is 2.20. The van der Waals surface area contributed by atoms with E-state index in [1.165, 1.54) is 12.1 Å². The lowest BCUT2D eigenvalue weighted by Crippen LogP contribution is -2.45. The number of sulfonamides is 1. The molecule has 24 heavy (non-hydrogen) atoms. The molecule has 0 spiro atoms. The van der Waals surface area contributed by atoms with Crippen molar-refractivity contribution >= 4 is 15.8 Å². The van der Waals surface area contributed by atoms with E-state index in [1.807, 2.05) is 18.2 Å². The van der Waals surface area contributed by atoms with Gasteiger partial charge in [-0.2, -0.15) is 0 Å². The minimum Gasteiger partial charge on any atom is -0.357 e. The van der Waals surface area contributed by atoms with Gasteiger partial charge in [0, 0.05) is 25.3 Å². The van der Waals surface area contributed by atoms with Crippen molar-refractivity contribution in [2.24, 2.45) is 0 Å². The standard InChI is InChI=1S/C17H20FN3O2S/c1-13-5-6-16(15(18)12-13)24(22,23)20-14-7-10-21(11-8-14)17-4-2-3-9-19-17/h2-6,9,12,14,20H,7-8,10-11H2,1H3. The molecule has 0 saturated carbocycles. The topological polar surface area (TPSA) is 62.3 Å². The van der Waals surface area contributed by atoms with Gasteiger partial charge in [-0.25, -0.2) is 22.5 Å². The van der Waals surface area contributed by atoms with E-state index < -0.39 is 15.8 Å². The third-order valence-electron chi connectivity index (χ3n) is 4.17. The Hall–Kier alpha value is -1.99. The molecule has 1 aliphatic rings. The zero-order valence-electron chi connectivity index (χ0n) is 13.4. The maximum Gasteiger partial charge on any atom is 0.243 e. The summed E-state index contributed by atoms with van der Waals surface area (Å²) in [7, 11) is -3.85. The van der Waals surface area contributed by atoms with E-state index in [-0.39, 0.29) is 10.9 Å². The summed E-state index contributed by atoms with van der Waals surface area (Å²) in [6.45, 7) is 3.14. The van der Waals surface area contributed by atoms with Gasteiger partial charge in [-0.1, -0.05) is 12.1 Å². The highest BCUT2D eigenvalue weighted by atomic mass is 32.2. The van der Waals surface area contributed by atoms with Crippen LogP contribution in [-0.4, -0.2) is 32.5 Å². The number of pyridine rings is 1. The molecule has 0 bridgehead atoms. The number of benzene rings is 1. The Morgan fingerprint density at radius 3 is 2.58 bits per heavy atom. The van der Waals surface area contributed by atoms with Gasteiger partial charge in [0.2, 0.25) is 10.0 Å². The lowest BCUT2D eigenvalue weighted by Gasteiger charge is -2.33. The maximum absolute atomic E-state index is 13.9. The molecular formula is C17H20FN3O2S. The van der Waals surface area contributed by atoms with E-state index in [1.54, 1.807) is 19.2 Å². The van der Waals surface area contributed by atoms with Crippen molar-refractivity contribution in [2.45, 2.75) is 30.7 Å². The van der Waals surface area contributed by atoms with Crippen LogP contribution in [0.4, 0.5) is 10.2 Å². The maximum atomic E-state index is 13.9. The molecule has 1 aromatic carbocycles. The summed E-state index contributed by atoms with van der Waals surface area (Å²) in [6.07, 6.45) is 3.05. The molecule has 1 saturated heterocycles. The van der Waals surface area contributed by atoms with Crippen LogP contribution in [0.5, 0.6) is 0 Å². The van der Waals surface area contributed by atoms with Crippen LogP contribution in [0.3, 0.4) is 0 Å². The molecule has 128 valence electrons. The average Bonchev–Trinajstić information content (AvgIpc) is 2.55. The number of halogens is 1. The molecule has 0 aliphatic carbocycles. The Morgan fingerprint density at radius 2 is 1.96 bits per heavy atom. The monoisotopic (exact) mass is 349 g/mol. The summed E-state index contributed by atoms with van der Waals surface area (Å²) < 4.78 is 41.4. The lowest BCUT2D eigenvalue weighted by molar-refractivity contribution is 0.456. The van der Waals surface area contributed by atoms with Crippen molar-refractivity contribution in [1.82, 2.24) is 9.71 Å². The number of rotatable bonds is 4. The van der Waals surface area contributed by atoms with Gasteiger partial charge < -0.3 is 4.90 Å².